The van der Waals surface area contributed by atoms with E-state index in [-0.39, 0.29) is 17.3 Å². The van der Waals surface area contributed by atoms with Gasteiger partial charge in [0.05, 0.1) is 9.47 Å². The lowest BCUT2D eigenvalue weighted by Gasteiger charge is -2.17. The van der Waals surface area contributed by atoms with Gasteiger partial charge in [0.1, 0.15) is 0 Å². The Bertz CT molecular complexity index is 702. The molecule has 108 valence electrons. The molecule has 2 heterocycles. The first kappa shape index (κ1) is 15.4. The number of hydrogen-bond acceptors (Lipinski definition) is 6. The summed E-state index contributed by atoms with van der Waals surface area (Å²) in [5, 5.41) is 1.82. The van der Waals surface area contributed by atoms with Gasteiger partial charge in [0, 0.05) is 19.8 Å². The number of rotatable bonds is 5. The molecule has 0 amide bonds. The number of nitrogens with one attached hydrogen (secondary N) is 1. The number of pyridine rings is 1. The van der Waals surface area contributed by atoms with Crippen molar-refractivity contribution in [2.24, 2.45) is 5.84 Å². The standard InChI is InChI=1S/C11H13BrN4O2S2/c1-16(6-8-5-10(12)19-7-8)20(17,18)11-9(15-13)3-2-4-14-11/h2-5,7,15H,6,13H2,1H3. The molecular formula is C11H13BrN4O2S2. The van der Waals surface area contributed by atoms with Crippen molar-refractivity contribution in [1.29, 1.82) is 0 Å². The van der Waals surface area contributed by atoms with Crippen molar-refractivity contribution in [2.75, 3.05) is 12.5 Å². The maximum atomic E-state index is 12.5. The topological polar surface area (TPSA) is 88.3 Å². The number of nitrogen functional groups attached to an aromatic ring is 1. The molecule has 0 unspecified atom stereocenters. The van der Waals surface area contributed by atoms with Crippen LogP contribution in [0.5, 0.6) is 0 Å². The highest BCUT2D eigenvalue weighted by atomic mass is 79.9. The summed E-state index contributed by atoms with van der Waals surface area (Å²) in [7, 11) is -2.19. The number of anilines is 1. The van der Waals surface area contributed by atoms with E-state index in [1.807, 2.05) is 11.4 Å². The first-order chi connectivity index (χ1) is 9.45. The van der Waals surface area contributed by atoms with Crippen molar-refractivity contribution < 1.29 is 8.42 Å². The number of hydrogen-bond donors (Lipinski definition) is 2. The lowest BCUT2D eigenvalue weighted by Crippen LogP contribution is -2.28. The van der Waals surface area contributed by atoms with Gasteiger partial charge >= 0.3 is 0 Å². The summed E-state index contributed by atoms with van der Waals surface area (Å²) in [4.78, 5) is 3.91. The van der Waals surface area contributed by atoms with Crippen LogP contribution >= 0.6 is 27.3 Å². The van der Waals surface area contributed by atoms with Crippen molar-refractivity contribution >= 4 is 43.0 Å². The Balaban J connectivity index is 2.29. The van der Waals surface area contributed by atoms with Gasteiger partial charge < -0.3 is 5.43 Å². The molecule has 0 aliphatic heterocycles. The number of thiophene rings is 1. The molecule has 0 saturated carbocycles. The predicted octanol–water partition coefficient (Wildman–Crippen LogP) is 2.01. The molecule has 6 nitrogen and oxygen atoms in total. The summed E-state index contributed by atoms with van der Waals surface area (Å²) >= 11 is 4.86. The molecule has 3 N–H and O–H groups in total. The number of nitrogens with zero attached hydrogens (tertiary/aromatic N) is 2. The minimum absolute atomic E-state index is 0.0840. The molecule has 20 heavy (non-hydrogen) atoms. The van der Waals surface area contributed by atoms with Gasteiger partial charge in [0.15, 0.2) is 5.03 Å². The van der Waals surface area contributed by atoms with Crippen LogP contribution in [0.2, 0.25) is 0 Å². The van der Waals surface area contributed by atoms with Gasteiger partial charge in [-0.3, -0.25) is 5.84 Å². The monoisotopic (exact) mass is 376 g/mol. The largest absolute Gasteiger partial charge is 0.321 e. The summed E-state index contributed by atoms with van der Waals surface area (Å²) in [6.07, 6.45) is 1.42. The van der Waals surface area contributed by atoms with Crippen LogP contribution in [0.3, 0.4) is 0 Å². The van der Waals surface area contributed by atoms with Crippen LogP contribution < -0.4 is 11.3 Å². The third-order valence-electron chi connectivity index (χ3n) is 2.61. The van der Waals surface area contributed by atoms with Crippen LogP contribution in [0.25, 0.3) is 0 Å². The molecule has 0 aliphatic rings. The third kappa shape index (κ3) is 3.18. The van der Waals surface area contributed by atoms with Gasteiger partial charge in [0.25, 0.3) is 10.0 Å². The molecule has 0 fully saturated rings. The smallest absolute Gasteiger partial charge is 0.262 e. The van der Waals surface area contributed by atoms with Gasteiger partial charge in [-0.05, 0) is 45.1 Å². The van der Waals surface area contributed by atoms with Crippen LogP contribution in [0.4, 0.5) is 5.69 Å². The minimum Gasteiger partial charge on any atom is -0.321 e. The van der Waals surface area contributed by atoms with E-state index in [0.717, 1.165) is 9.35 Å². The number of halogens is 1. The van der Waals surface area contributed by atoms with Crippen molar-refractivity contribution in [1.82, 2.24) is 9.29 Å². The second-order valence-corrected chi connectivity index (χ2v) is 8.27. The Labute approximate surface area is 129 Å². The number of aromatic nitrogens is 1. The van der Waals surface area contributed by atoms with Crippen molar-refractivity contribution in [3.05, 3.63) is 39.1 Å². The van der Waals surface area contributed by atoms with Gasteiger partial charge in [-0.2, -0.15) is 4.31 Å². The number of nitrogens with two attached hydrogens (primary N) is 1. The molecule has 0 saturated heterocycles. The molecule has 2 aromatic rings. The molecular weight excluding hydrogens is 364 g/mol. The SMILES string of the molecule is CN(Cc1csc(Br)c1)S(=O)(=O)c1ncccc1NN. The lowest BCUT2D eigenvalue weighted by molar-refractivity contribution is 0.464. The normalized spacial score (nSPS) is 11.8. The summed E-state index contributed by atoms with van der Waals surface area (Å²) in [6, 6.07) is 5.07. The zero-order chi connectivity index (χ0) is 14.8. The maximum Gasteiger partial charge on any atom is 0.262 e. The molecule has 2 aromatic heterocycles. The van der Waals surface area contributed by atoms with E-state index in [1.165, 1.54) is 28.9 Å². The fraction of sp³-hybridized carbons (Fsp3) is 0.182. The summed E-state index contributed by atoms with van der Waals surface area (Å²) in [5.41, 5.74) is 3.53. The second kappa shape index (κ2) is 6.19. The number of sulfonamides is 1. The Morgan fingerprint density at radius 2 is 2.30 bits per heavy atom. The van der Waals surface area contributed by atoms with Gasteiger partial charge in [-0.1, -0.05) is 0 Å². The molecule has 0 atom stereocenters. The van der Waals surface area contributed by atoms with Gasteiger partial charge in [-0.15, -0.1) is 11.3 Å². The zero-order valence-electron chi connectivity index (χ0n) is 10.6. The molecule has 2 rings (SSSR count). The van der Waals surface area contributed by atoms with E-state index in [4.69, 9.17) is 5.84 Å². The molecule has 0 radical (unpaired) electrons. The van der Waals surface area contributed by atoms with E-state index >= 15 is 0 Å². The van der Waals surface area contributed by atoms with Crippen molar-refractivity contribution in [3.63, 3.8) is 0 Å². The van der Waals surface area contributed by atoms with Crippen LogP contribution in [-0.4, -0.2) is 24.8 Å². The summed E-state index contributed by atoms with van der Waals surface area (Å²) < 4.78 is 27.2. The molecule has 0 spiro atoms. The quantitative estimate of drug-likeness (QED) is 0.615. The lowest BCUT2D eigenvalue weighted by atomic mass is 10.3. The summed E-state index contributed by atoms with van der Waals surface area (Å²) in [5.74, 6) is 5.33. The zero-order valence-corrected chi connectivity index (χ0v) is 13.8. The van der Waals surface area contributed by atoms with E-state index in [0.29, 0.717) is 0 Å². The molecule has 0 aliphatic carbocycles. The van der Waals surface area contributed by atoms with Crippen LogP contribution in [0, 0.1) is 0 Å². The van der Waals surface area contributed by atoms with E-state index in [2.05, 4.69) is 26.3 Å². The van der Waals surface area contributed by atoms with E-state index in [1.54, 1.807) is 12.1 Å². The van der Waals surface area contributed by atoms with Gasteiger partial charge in [0.2, 0.25) is 0 Å². The predicted molar refractivity (Wildman–Crippen MR) is 82.7 cm³/mol. The Morgan fingerprint density at radius 3 is 2.90 bits per heavy atom. The van der Waals surface area contributed by atoms with Crippen LogP contribution in [0.1, 0.15) is 5.56 Å². The number of hydrazine groups is 1. The Hall–Kier alpha value is -1.00. The minimum atomic E-state index is -3.70. The summed E-state index contributed by atoms with van der Waals surface area (Å²) in [6.45, 7) is 0.269. The fourth-order valence-corrected chi connectivity index (χ4v) is 4.04. The first-order valence-corrected chi connectivity index (χ1v) is 8.67. The second-order valence-electron chi connectivity index (χ2n) is 4.02. The average molecular weight is 377 g/mol. The highest BCUT2D eigenvalue weighted by molar-refractivity contribution is 9.11. The maximum absolute atomic E-state index is 12.5. The van der Waals surface area contributed by atoms with Crippen LogP contribution in [-0.2, 0) is 16.6 Å². The highest BCUT2D eigenvalue weighted by Crippen LogP contribution is 2.25. The first-order valence-electron chi connectivity index (χ1n) is 5.56. The Kier molecular flexibility index (Phi) is 4.76. The highest BCUT2D eigenvalue weighted by Gasteiger charge is 2.25. The molecule has 9 heteroatoms. The molecule has 0 bridgehead atoms. The van der Waals surface area contributed by atoms with Gasteiger partial charge in [-0.25, -0.2) is 13.4 Å². The third-order valence-corrected chi connectivity index (χ3v) is 5.93. The molecule has 0 aromatic carbocycles. The average Bonchev–Trinajstić information content (AvgIpc) is 2.84. The van der Waals surface area contributed by atoms with E-state index in [9.17, 15) is 8.42 Å². The van der Waals surface area contributed by atoms with Crippen molar-refractivity contribution in [3.8, 4) is 0 Å². The fourth-order valence-electron chi connectivity index (χ4n) is 1.62. The van der Waals surface area contributed by atoms with Crippen LogP contribution in [0.15, 0.2) is 38.6 Å². The Morgan fingerprint density at radius 1 is 1.55 bits per heavy atom. The van der Waals surface area contributed by atoms with E-state index < -0.39 is 10.0 Å². The van der Waals surface area contributed by atoms with Crippen molar-refractivity contribution in [2.45, 2.75) is 11.6 Å².